The van der Waals surface area contributed by atoms with Gasteiger partial charge in [-0.3, -0.25) is 4.98 Å². The van der Waals surface area contributed by atoms with Crippen LogP contribution >= 0.6 is 0 Å². The number of pyridine rings is 1. The van der Waals surface area contributed by atoms with Gasteiger partial charge < -0.3 is 10.5 Å². The Labute approximate surface area is 107 Å². The van der Waals surface area contributed by atoms with E-state index >= 15 is 0 Å². The Hall–Kier alpha value is -2.03. The molecular weight excluding hydrogens is 224 g/mol. The summed E-state index contributed by atoms with van der Waals surface area (Å²) in [4.78, 5) is 4.23. The minimum atomic E-state index is 0.495. The Balaban J connectivity index is 1.71. The fraction of sp³-hybridized carbons (Fsp3) is 0.267. The molecule has 1 heterocycles. The summed E-state index contributed by atoms with van der Waals surface area (Å²) in [5, 5.41) is 0. The number of benzene rings is 1. The average molecular weight is 240 g/mol. The van der Waals surface area contributed by atoms with E-state index in [4.69, 9.17) is 10.5 Å². The van der Waals surface area contributed by atoms with E-state index in [2.05, 4.69) is 11.1 Å². The fourth-order valence-electron chi connectivity index (χ4n) is 2.03. The number of nitrogens with zero attached hydrogens (tertiary/aromatic N) is 1. The van der Waals surface area contributed by atoms with E-state index < -0.39 is 0 Å². The molecule has 3 rings (SSSR count). The van der Waals surface area contributed by atoms with Gasteiger partial charge in [-0.2, -0.15) is 0 Å². The lowest BCUT2D eigenvalue weighted by Gasteiger charge is -2.09. The molecule has 1 fully saturated rings. The van der Waals surface area contributed by atoms with E-state index in [0.717, 1.165) is 17.1 Å². The van der Waals surface area contributed by atoms with Crippen molar-refractivity contribution in [3.8, 4) is 5.75 Å². The lowest BCUT2D eigenvalue weighted by Crippen LogP contribution is -1.99. The molecule has 92 valence electrons. The van der Waals surface area contributed by atoms with Gasteiger partial charge in [-0.15, -0.1) is 0 Å². The molecule has 2 N–H and O–H groups in total. The highest BCUT2D eigenvalue weighted by molar-refractivity contribution is 5.53. The second kappa shape index (κ2) is 4.69. The minimum Gasteiger partial charge on any atom is -0.487 e. The standard InChI is InChI=1S/C15H16N2O/c16-15-7-6-13(9-14(15)11-4-5-11)18-10-12-3-1-2-8-17-12/h1-3,6-9,11H,4-5,10,16H2. The quantitative estimate of drug-likeness (QED) is 0.835. The van der Waals surface area contributed by atoms with Crippen LogP contribution in [-0.2, 0) is 6.61 Å². The number of hydrogen-bond acceptors (Lipinski definition) is 3. The van der Waals surface area contributed by atoms with Crippen LogP contribution in [0, 0.1) is 0 Å². The van der Waals surface area contributed by atoms with Crippen molar-refractivity contribution in [2.45, 2.75) is 25.4 Å². The topological polar surface area (TPSA) is 48.1 Å². The van der Waals surface area contributed by atoms with Gasteiger partial charge in [0.05, 0.1) is 5.69 Å². The Kier molecular flexibility index (Phi) is 2.89. The maximum atomic E-state index is 5.97. The van der Waals surface area contributed by atoms with Crippen LogP contribution in [0.2, 0.25) is 0 Å². The Bertz CT molecular complexity index is 535. The third kappa shape index (κ3) is 2.45. The zero-order valence-electron chi connectivity index (χ0n) is 10.2. The number of hydrogen-bond donors (Lipinski definition) is 1. The van der Waals surface area contributed by atoms with E-state index in [0.29, 0.717) is 12.5 Å². The summed E-state index contributed by atoms with van der Waals surface area (Å²) < 4.78 is 5.75. The van der Waals surface area contributed by atoms with Crippen molar-refractivity contribution >= 4 is 5.69 Å². The molecule has 3 heteroatoms. The molecule has 18 heavy (non-hydrogen) atoms. The molecular formula is C15H16N2O. The summed E-state index contributed by atoms with van der Waals surface area (Å²) in [6.45, 7) is 0.495. The van der Waals surface area contributed by atoms with Gasteiger partial charge in [0.2, 0.25) is 0 Å². The second-order valence-electron chi connectivity index (χ2n) is 4.67. The van der Waals surface area contributed by atoms with Gasteiger partial charge >= 0.3 is 0 Å². The highest BCUT2D eigenvalue weighted by Crippen LogP contribution is 2.43. The molecule has 0 aliphatic heterocycles. The SMILES string of the molecule is Nc1ccc(OCc2ccccn2)cc1C1CC1. The van der Waals surface area contributed by atoms with E-state index in [1.54, 1.807) is 6.20 Å². The highest BCUT2D eigenvalue weighted by Gasteiger charge is 2.25. The van der Waals surface area contributed by atoms with Gasteiger partial charge in [-0.05, 0) is 54.7 Å². The van der Waals surface area contributed by atoms with Crippen molar-refractivity contribution in [3.63, 3.8) is 0 Å². The first-order valence-electron chi connectivity index (χ1n) is 6.25. The summed E-state index contributed by atoms with van der Waals surface area (Å²) in [5.74, 6) is 1.51. The van der Waals surface area contributed by atoms with Crippen LogP contribution in [0.15, 0.2) is 42.6 Å². The monoisotopic (exact) mass is 240 g/mol. The molecule has 1 aliphatic carbocycles. The number of nitrogens with two attached hydrogens (primary N) is 1. The first-order chi connectivity index (χ1) is 8.83. The third-order valence-electron chi connectivity index (χ3n) is 3.19. The molecule has 1 aromatic carbocycles. The number of anilines is 1. The predicted octanol–water partition coefficient (Wildman–Crippen LogP) is 3.12. The first-order valence-corrected chi connectivity index (χ1v) is 6.25. The molecule has 0 bridgehead atoms. The van der Waals surface area contributed by atoms with Gasteiger partial charge in [0.25, 0.3) is 0 Å². The molecule has 1 aromatic heterocycles. The molecule has 1 aliphatic rings. The molecule has 0 spiro atoms. The molecule has 3 nitrogen and oxygen atoms in total. The molecule has 0 radical (unpaired) electrons. The number of rotatable bonds is 4. The molecule has 1 saturated carbocycles. The van der Waals surface area contributed by atoms with Crippen LogP contribution in [0.5, 0.6) is 5.75 Å². The minimum absolute atomic E-state index is 0.495. The zero-order chi connectivity index (χ0) is 12.4. The van der Waals surface area contributed by atoms with Crippen molar-refractivity contribution in [1.82, 2.24) is 4.98 Å². The summed E-state index contributed by atoms with van der Waals surface area (Å²) in [5.41, 5.74) is 9.01. The van der Waals surface area contributed by atoms with Gasteiger partial charge in [0.1, 0.15) is 12.4 Å². The molecule has 0 unspecified atom stereocenters. The van der Waals surface area contributed by atoms with Crippen molar-refractivity contribution in [1.29, 1.82) is 0 Å². The van der Waals surface area contributed by atoms with Crippen LogP contribution in [0.3, 0.4) is 0 Å². The fourth-order valence-corrected chi connectivity index (χ4v) is 2.03. The lowest BCUT2D eigenvalue weighted by molar-refractivity contribution is 0.301. The van der Waals surface area contributed by atoms with E-state index in [-0.39, 0.29) is 0 Å². The molecule has 0 saturated heterocycles. The van der Waals surface area contributed by atoms with Gasteiger partial charge in [0.15, 0.2) is 0 Å². The zero-order valence-corrected chi connectivity index (χ0v) is 10.2. The summed E-state index contributed by atoms with van der Waals surface area (Å²) in [6.07, 6.45) is 4.26. The van der Waals surface area contributed by atoms with Crippen molar-refractivity contribution < 1.29 is 4.74 Å². The maximum Gasteiger partial charge on any atom is 0.130 e. The van der Waals surface area contributed by atoms with Crippen LogP contribution in [0.1, 0.15) is 30.0 Å². The Morgan fingerprint density at radius 2 is 2.11 bits per heavy atom. The Morgan fingerprint density at radius 3 is 2.83 bits per heavy atom. The normalized spacial score (nSPS) is 14.4. The Morgan fingerprint density at radius 1 is 1.22 bits per heavy atom. The van der Waals surface area contributed by atoms with E-state index in [9.17, 15) is 0 Å². The smallest absolute Gasteiger partial charge is 0.130 e. The first kappa shape index (κ1) is 11.1. The van der Waals surface area contributed by atoms with Crippen molar-refractivity contribution in [2.75, 3.05) is 5.73 Å². The van der Waals surface area contributed by atoms with Crippen LogP contribution in [-0.4, -0.2) is 4.98 Å². The van der Waals surface area contributed by atoms with Crippen molar-refractivity contribution in [3.05, 3.63) is 53.9 Å². The van der Waals surface area contributed by atoms with Crippen LogP contribution in [0.25, 0.3) is 0 Å². The molecule has 2 aromatic rings. The predicted molar refractivity (Wildman–Crippen MR) is 71.4 cm³/mol. The summed E-state index contributed by atoms with van der Waals surface area (Å²) >= 11 is 0. The maximum absolute atomic E-state index is 5.97. The van der Waals surface area contributed by atoms with Crippen LogP contribution in [0.4, 0.5) is 5.69 Å². The van der Waals surface area contributed by atoms with Gasteiger partial charge in [0, 0.05) is 11.9 Å². The van der Waals surface area contributed by atoms with Crippen molar-refractivity contribution in [2.24, 2.45) is 0 Å². The highest BCUT2D eigenvalue weighted by atomic mass is 16.5. The summed E-state index contributed by atoms with van der Waals surface area (Å²) in [6, 6.07) is 11.7. The molecule has 0 amide bonds. The van der Waals surface area contributed by atoms with E-state index in [1.165, 1.54) is 18.4 Å². The van der Waals surface area contributed by atoms with E-state index in [1.807, 2.05) is 30.3 Å². The number of nitrogen functional groups attached to an aromatic ring is 1. The van der Waals surface area contributed by atoms with Gasteiger partial charge in [-0.1, -0.05) is 6.07 Å². The average Bonchev–Trinajstić information content (AvgIpc) is 3.23. The third-order valence-corrected chi connectivity index (χ3v) is 3.19. The number of ether oxygens (including phenoxy) is 1. The van der Waals surface area contributed by atoms with Gasteiger partial charge in [-0.25, -0.2) is 0 Å². The lowest BCUT2D eigenvalue weighted by atomic mass is 10.1. The summed E-state index contributed by atoms with van der Waals surface area (Å²) in [7, 11) is 0. The largest absolute Gasteiger partial charge is 0.487 e. The molecule has 0 atom stereocenters. The van der Waals surface area contributed by atoms with Crippen LogP contribution < -0.4 is 10.5 Å². The second-order valence-corrected chi connectivity index (χ2v) is 4.67. The number of aromatic nitrogens is 1.